The van der Waals surface area contributed by atoms with Crippen LogP contribution in [0.2, 0.25) is 0 Å². The van der Waals surface area contributed by atoms with Crippen LogP contribution in [0.1, 0.15) is 31.9 Å². The maximum absolute atomic E-state index is 4.17. The van der Waals surface area contributed by atoms with Gasteiger partial charge in [0.2, 0.25) is 0 Å². The SMILES string of the molecule is Cc1ccncc1CC(C)CNC(C)C. The summed E-state index contributed by atoms with van der Waals surface area (Å²) in [5.74, 6) is 0.662. The fraction of sp³-hybridized carbons (Fsp3) is 0.615. The molecule has 0 fully saturated rings. The lowest BCUT2D eigenvalue weighted by atomic mass is 9.99. The van der Waals surface area contributed by atoms with Gasteiger partial charge in [-0.15, -0.1) is 0 Å². The lowest BCUT2D eigenvalue weighted by Crippen LogP contribution is -2.28. The fourth-order valence-electron chi connectivity index (χ4n) is 1.59. The predicted molar refractivity (Wildman–Crippen MR) is 65.0 cm³/mol. The molecular weight excluding hydrogens is 184 g/mol. The van der Waals surface area contributed by atoms with Crippen LogP contribution in [-0.4, -0.2) is 17.6 Å². The van der Waals surface area contributed by atoms with Gasteiger partial charge in [-0.3, -0.25) is 4.98 Å². The molecule has 2 nitrogen and oxygen atoms in total. The molecule has 0 bridgehead atoms. The summed E-state index contributed by atoms with van der Waals surface area (Å²) in [5.41, 5.74) is 2.72. The molecule has 0 aliphatic heterocycles. The average molecular weight is 206 g/mol. The molecule has 0 aliphatic rings. The number of hydrogen-bond acceptors (Lipinski definition) is 2. The summed E-state index contributed by atoms with van der Waals surface area (Å²) in [4.78, 5) is 4.17. The van der Waals surface area contributed by atoms with Gasteiger partial charge in [0.15, 0.2) is 0 Å². The fourth-order valence-corrected chi connectivity index (χ4v) is 1.59. The summed E-state index contributed by atoms with van der Waals surface area (Å²) in [6, 6.07) is 2.65. The van der Waals surface area contributed by atoms with Gasteiger partial charge in [0.25, 0.3) is 0 Å². The Morgan fingerprint density at radius 3 is 2.67 bits per heavy atom. The van der Waals surface area contributed by atoms with Crippen LogP contribution in [0.3, 0.4) is 0 Å². The molecule has 1 N–H and O–H groups in total. The second kappa shape index (κ2) is 5.86. The first-order valence-corrected chi connectivity index (χ1v) is 5.72. The van der Waals surface area contributed by atoms with Crippen LogP contribution in [-0.2, 0) is 6.42 Å². The van der Waals surface area contributed by atoms with E-state index in [1.54, 1.807) is 0 Å². The minimum absolute atomic E-state index is 0.572. The Bertz CT molecular complexity index is 294. The van der Waals surface area contributed by atoms with Crippen molar-refractivity contribution in [3.8, 4) is 0 Å². The largest absolute Gasteiger partial charge is 0.314 e. The van der Waals surface area contributed by atoms with Crippen LogP contribution >= 0.6 is 0 Å². The minimum atomic E-state index is 0.572. The first kappa shape index (κ1) is 12.2. The van der Waals surface area contributed by atoms with E-state index >= 15 is 0 Å². The van der Waals surface area contributed by atoms with Crippen molar-refractivity contribution in [1.82, 2.24) is 10.3 Å². The number of aromatic nitrogens is 1. The van der Waals surface area contributed by atoms with Crippen LogP contribution in [0.4, 0.5) is 0 Å². The zero-order valence-corrected chi connectivity index (χ0v) is 10.2. The Morgan fingerprint density at radius 2 is 2.07 bits per heavy atom. The lowest BCUT2D eigenvalue weighted by molar-refractivity contribution is 0.475. The average Bonchev–Trinajstić information content (AvgIpc) is 2.18. The number of rotatable bonds is 5. The van der Waals surface area contributed by atoms with E-state index in [9.17, 15) is 0 Å². The van der Waals surface area contributed by atoms with Gasteiger partial charge in [-0.2, -0.15) is 0 Å². The summed E-state index contributed by atoms with van der Waals surface area (Å²) < 4.78 is 0. The van der Waals surface area contributed by atoms with Gasteiger partial charge < -0.3 is 5.32 Å². The topological polar surface area (TPSA) is 24.9 Å². The molecule has 0 saturated heterocycles. The Kier molecular flexibility index (Phi) is 4.76. The highest BCUT2D eigenvalue weighted by Gasteiger charge is 2.06. The van der Waals surface area contributed by atoms with E-state index in [1.807, 2.05) is 12.4 Å². The quantitative estimate of drug-likeness (QED) is 0.801. The molecule has 0 radical (unpaired) electrons. The van der Waals surface area contributed by atoms with Crippen LogP contribution in [0.15, 0.2) is 18.5 Å². The minimum Gasteiger partial charge on any atom is -0.314 e. The lowest BCUT2D eigenvalue weighted by Gasteiger charge is -2.15. The first-order chi connectivity index (χ1) is 7.09. The number of nitrogens with zero attached hydrogens (tertiary/aromatic N) is 1. The number of hydrogen-bond donors (Lipinski definition) is 1. The normalized spacial score (nSPS) is 13.1. The van der Waals surface area contributed by atoms with E-state index < -0.39 is 0 Å². The van der Waals surface area contributed by atoms with Gasteiger partial charge >= 0.3 is 0 Å². The van der Waals surface area contributed by atoms with Gasteiger partial charge in [0, 0.05) is 18.4 Å². The molecule has 1 heterocycles. The van der Waals surface area contributed by atoms with Crippen LogP contribution in [0.25, 0.3) is 0 Å². The zero-order chi connectivity index (χ0) is 11.3. The Labute approximate surface area is 93.1 Å². The van der Waals surface area contributed by atoms with Crippen molar-refractivity contribution >= 4 is 0 Å². The summed E-state index contributed by atoms with van der Waals surface area (Å²) in [6.07, 6.45) is 4.95. The van der Waals surface area contributed by atoms with Crippen molar-refractivity contribution in [2.75, 3.05) is 6.54 Å². The molecule has 1 aromatic rings. The number of pyridine rings is 1. The van der Waals surface area contributed by atoms with E-state index in [-0.39, 0.29) is 0 Å². The summed E-state index contributed by atoms with van der Waals surface area (Å²) in [7, 11) is 0. The molecule has 0 aliphatic carbocycles. The second-order valence-electron chi connectivity index (χ2n) is 4.67. The van der Waals surface area contributed by atoms with Gasteiger partial charge in [-0.05, 0) is 43.0 Å². The van der Waals surface area contributed by atoms with E-state index in [1.165, 1.54) is 11.1 Å². The summed E-state index contributed by atoms with van der Waals surface area (Å²) in [6.45, 7) is 9.87. The van der Waals surface area contributed by atoms with Crippen molar-refractivity contribution < 1.29 is 0 Å². The Balaban J connectivity index is 2.44. The first-order valence-electron chi connectivity index (χ1n) is 5.72. The van der Waals surface area contributed by atoms with Crippen molar-refractivity contribution in [3.63, 3.8) is 0 Å². The van der Waals surface area contributed by atoms with Gasteiger partial charge in [-0.25, -0.2) is 0 Å². The van der Waals surface area contributed by atoms with Crippen molar-refractivity contribution in [2.45, 2.75) is 40.2 Å². The van der Waals surface area contributed by atoms with Gasteiger partial charge in [-0.1, -0.05) is 20.8 Å². The zero-order valence-electron chi connectivity index (χ0n) is 10.2. The Morgan fingerprint density at radius 1 is 1.33 bits per heavy atom. The van der Waals surface area contributed by atoms with Crippen molar-refractivity contribution in [2.24, 2.45) is 5.92 Å². The highest BCUT2D eigenvalue weighted by atomic mass is 14.9. The molecular formula is C13H22N2. The number of aryl methyl sites for hydroxylation is 1. The third kappa shape index (κ3) is 4.43. The maximum Gasteiger partial charge on any atom is 0.0302 e. The van der Waals surface area contributed by atoms with E-state index in [0.717, 1.165) is 13.0 Å². The molecule has 15 heavy (non-hydrogen) atoms. The van der Waals surface area contributed by atoms with E-state index in [4.69, 9.17) is 0 Å². The van der Waals surface area contributed by atoms with Crippen molar-refractivity contribution in [3.05, 3.63) is 29.6 Å². The van der Waals surface area contributed by atoms with Crippen LogP contribution in [0, 0.1) is 12.8 Å². The molecule has 1 atom stereocenters. The highest BCUT2D eigenvalue weighted by Crippen LogP contribution is 2.11. The van der Waals surface area contributed by atoms with Crippen molar-refractivity contribution in [1.29, 1.82) is 0 Å². The predicted octanol–water partition coefficient (Wildman–Crippen LogP) is 2.57. The third-order valence-electron chi connectivity index (χ3n) is 2.59. The molecule has 0 saturated carbocycles. The summed E-state index contributed by atoms with van der Waals surface area (Å²) in [5, 5.41) is 3.46. The molecule has 1 unspecified atom stereocenters. The third-order valence-corrected chi connectivity index (χ3v) is 2.59. The molecule has 2 heteroatoms. The second-order valence-corrected chi connectivity index (χ2v) is 4.67. The van der Waals surface area contributed by atoms with E-state index in [2.05, 4.69) is 44.1 Å². The summed E-state index contributed by atoms with van der Waals surface area (Å²) >= 11 is 0. The smallest absolute Gasteiger partial charge is 0.0302 e. The molecule has 1 rings (SSSR count). The number of nitrogens with one attached hydrogen (secondary N) is 1. The highest BCUT2D eigenvalue weighted by molar-refractivity contribution is 5.21. The molecule has 0 aromatic carbocycles. The Hall–Kier alpha value is -0.890. The standard InChI is InChI=1S/C13H22N2/c1-10(2)15-8-11(3)7-13-9-14-6-5-12(13)4/h5-6,9-11,15H,7-8H2,1-4H3. The molecule has 0 amide bonds. The van der Waals surface area contributed by atoms with E-state index in [0.29, 0.717) is 12.0 Å². The molecule has 0 spiro atoms. The van der Waals surface area contributed by atoms with Gasteiger partial charge in [0.1, 0.15) is 0 Å². The molecule has 84 valence electrons. The maximum atomic E-state index is 4.17. The van der Waals surface area contributed by atoms with Gasteiger partial charge in [0.05, 0.1) is 0 Å². The van der Waals surface area contributed by atoms with Crippen LogP contribution in [0.5, 0.6) is 0 Å². The molecule has 1 aromatic heterocycles. The monoisotopic (exact) mass is 206 g/mol. The van der Waals surface area contributed by atoms with Crippen LogP contribution < -0.4 is 5.32 Å².